The van der Waals surface area contributed by atoms with E-state index in [2.05, 4.69) is 0 Å². The first-order valence-electron chi connectivity index (χ1n) is 4.41. The van der Waals surface area contributed by atoms with E-state index in [1.807, 2.05) is 35.9 Å². The number of phenolic OH excluding ortho intramolecular Hbond substituents is 1. The van der Waals surface area contributed by atoms with E-state index < -0.39 is 0 Å². The fraction of sp³-hybridized carbons (Fsp3) is 0.0909. The van der Waals surface area contributed by atoms with Gasteiger partial charge in [-0.3, -0.25) is 0 Å². The maximum atomic E-state index is 9.26. The summed E-state index contributed by atoms with van der Waals surface area (Å²) in [4.78, 5) is 0. The van der Waals surface area contributed by atoms with Crippen LogP contribution in [0.4, 0.5) is 5.82 Å². The Hall–Kier alpha value is -1.90. The quantitative estimate of drug-likeness (QED) is 0.719. The van der Waals surface area contributed by atoms with Crippen LogP contribution in [-0.4, -0.2) is 9.67 Å². The Labute approximate surface area is 82.4 Å². The Morgan fingerprint density at radius 1 is 1.29 bits per heavy atom. The molecule has 0 saturated heterocycles. The van der Waals surface area contributed by atoms with Gasteiger partial charge in [0.2, 0.25) is 0 Å². The highest BCUT2D eigenvalue weighted by Crippen LogP contribution is 2.21. The standard InChI is InChI=1S/C11H12N2O/c1-8-7-9(14)4-5-10(8)13-6-2-3-11(13)12/h2-7,14H,12H2,1H3. The molecule has 0 radical (unpaired) electrons. The first-order valence-corrected chi connectivity index (χ1v) is 4.41. The fourth-order valence-corrected chi connectivity index (χ4v) is 1.52. The molecule has 3 N–H and O–H groups in total. The van der Waals surface area contributed by atoms with Crippen molar-refractivity contribution < 1.29 is 5.11 Å². The van der Waals surface area contributed by atoms with Crippen molar-refractivity contribution in [2.75, 3.05) is 5.73 Å². The second-order valence-corrected chi connectivity index (χ2v) is 3.27. The number of anilines is 1. The average molecular weight is 188 g/mol. The lowest BCUT2D eigenvalue weighted by molar-refractivity contribution is 0.475. The number of phenols is 1. The molecule has 0 bridgehead atoms. The van der Waals surface area contributed by atoms with Crippen LogP contribution in [0.3, 0.4) is 0 Å². The van der Waals surface area contributed by atoms with Gasteiger partial charge in [0.15, 0.2) is 0 Å². The normalized spacial score (nSPS) is 10.4. The van der Waals surface area contributed by atoms with E-state index in [-0.39, 0.29) is 5.75 Å². The zero-order valence-electron chi connectivity index (χ0n) is 7.94. The molecule has 0 atom stereocenters. The van der Waals surface area contributed by atoms with E-state index in [0.717, 1.165) is 11.3 Å². The van der Waals surface area contributed by atoms with Gasteiger partial charge in [-0.15, -0.1) is 0 Å². The van der Waals surface area contributed by atoms with Crippen molar-refractivity contribution in [2.45, 2.75) is 6.92 Å². The lowest BCUT2D eigenvalue weighted by Crippen LogP contribution is -1.99. The van der Waals surface area contributed by atoms with Gasteiger partial charge in [-0.2, -0.15) is 0 Å². The lowest BCUT2D eigenvalue weighted by atomic mass is 10.2. The van der Waals surface area contributed by atoms with Crippen molar-refractivity contribution in [3.8, 4) is 11.4 Å². The van der Waals surface area contributed by atoms with Gasteiger partial charge in [-0.1, -0.05) is 0 Å². The topological polar surface area (TPSA) is 51.2 Å². The molecule has 0 spiro atoms. The summed E-state index contributed by atoms with van der Waals surface area (Å²) in [7, 11) is 0. The summed E-state index contributed by atoms with van der Waals surface area (Å²) in [5.41, 5.74) is 7.76. The molecule has 2 rings (SSSR count). The largest absolute Gasteiger partial charge is 0.508 e. The molecule has 0 aliphatic carbocycles. The molecule has 1 aromatic carbocycles. The number of nitrogen functional groups attached to an aromatic ring is 1. The van der Waals surface area contributed by atoms with E-state index in [9.17, 15) is 5.11 Å². The molecule has 1 aromatic heterocycles. The molecule has 2 aromatic rings. The maximum absolute atomic E-state index is 9.26. The molecule has 0 aliphatic heterocycles. The molecule has 14 heavy (non-hydrogen) atoms. The number of nitrogens with two attached hydrogens (primary N) is 1. The van der Waals surface area contributed by atoms with E-state index in [4.69, 9.17) is 5.73 Å². The second-order valence-electron chi connectivity index (χ2n) is 3.27. The lowest BCUT2D eigenvalue weighted by Gasteiger charge is -2.09. The van der Waals surface area contributed by atoms with Gasteiger partial charge >= 0.3 is 0 Å². The molecule has 0 unspecified atom stereocenters. The minimum absolute atomic E-state index is 0.275. The predicted molar refractivity (Wildman–Crippen MR) is 56.6 cm³/mol. The van der Waals surface area contributed by atoms with Crippen LogP contribution in [0.15, 0.2) is 36.5 Å². The number of aromatic hydroxyl groups is 1. The Bertz CT molecular complexity index is 460. The molecule has 3 nitrogen and oxygen atoms in total. The number of hydrogen-bond acceptors (Lipinski definition) is 2. The van der Waals surface area contributed by atoms with Crippen molar-refractivity contribution in [3.05, 3.63) is 42.1 Å². The molecule has 0 fully saturated rings. The van der Waals surface area contributed by atoms with E-state index in [0.29, 0.717) is 5.82 Å². The SMILES string of the molecule is Cc1cc(O)ccc1-n1cccc1N. The smallest absolute Gasteiger partial charge is 0.115 e. The fourth-order valence-electron chi connectivity index (χ4n) is 1.52. The van der Waals surface area contributed by atoms with Gasteiger partial charge in [-0.25, -0.2) is 0 Å². The van der Waals surface area contributed by atoms with Crippen LogP contribution in [0.2, 0.25) is 0 Å². The minimum Gasteiger partial charge on any atom is -0.508 e. The van der Waals surface area contributed by atoms with Gasteiger partial charge in [0.1, 0.15) is 11.6 Å². The monoisotopic (exact) mass is 188 g/mol. The number of aromatic nitrogens is 1. The summed E-state index contributed by atoms with van der Waals surface area (Å²) in [5, 5.41) is 9.26. The molecule has 72 valence electrons. The van der Waals surface area contributed by atoms with E-state index in [1.54, 1.807) is 12.1 Å². The molecule has 0 amide bonds. The van der Waals surface area contributed by atoms with Crippen molar-refractivity contribution in [2.24, 2.45) is 0 Å². The summed E-state index contributed by atoms with van der Waals surface area (Å²) in [6.07, 6.45) is 1.90. The van der Waals surface area contributed by atoms with Crippen LogP contribution in [0.5, 0.6) is 5.75 Å². The highest BCUT2D eigenvalue weighted by atomic mass is 16.3. The number of aryl methyl sites for hydroxylation is 1. The van der Waals surface area contributed by atoms with Crippen LogP contribution in [0.1, 0.15) is 5.56 Å². The minimum atomic E-state index is 0.275. The number of rotatable bonds is 1. The zero-order valence-corrected chi connectivity index (χ0v) is 7.94. The third-order valence-corrected chi connectivity index (χ3v) is 2.22. The maximum Gasteiger partial charge on any atom is 0.115 e. The summed E-state index contributed by atoms with van der Waals surface area (Å²) >= 11 is 0. The van der Waals surface area contributed by atoms with Gasteiger partial charge in [0.05, 0.1) is 5.69 Å². The van der Waals surface area contributed by atoms with Crippen LogP contribution in [0, 0.1) is 6.92 Å². The van der Waals surface area contributed by atoms with Crippen molar-refractivity contribution >= 4 is 5.82 Å². The number of hydrogen-bond donors (Lipinski definition) is 2. The summed E-state index contributed by atoms with van der Waals surface area (Å²) in [6.45, 7) is 1.94. The summed E-state index contributed by atoms with van der Waals surface area (Å²) < 4.78 is 1.88. The molecule has 0 saturated carbocycles. The molecule has 0 aliphatic rings. The molecular formula is C11H12N2O. The van der Waals surface area contributed by atoms with Gasteiger partial charge in [0.25, 0.3) is 0 Å². The van der Waals surface area contributed by atoms with Gasteiger partial charge < -0.3 is 15.4 Å². The number of benzene rings is 1. The Morgan fingerprint density at radius 2 is 2.07 bits per heavy atom. The van der Waals surface area contributed by atoms with Crippen molar-refractivity contribution in [1.82, 2.24) is 4.57 Å². The van der Waals surface area contributed by atoms with Crippen LogP contribution in [0.25, 0.3) is 5.69 Å². The van der Waals surface area contributed by atoms with E-state index in [1.165, 1.54) is 0 Å². The average Bonchev–Trinajstić information content (AvgIpc) is 2.52. The third-order valence-electron chi connectivity index (χ3n) is 2.22. The van der Waals surface area contributed by atoms with Gasteiger partial charge in [0, 0.05) is 6.20 Å². The Morgan fingerprint density at radius 3 is 2.64 bits per heavy atom. The van der Waals surface area contributed by atoms with Crippen molar-refractivity contribution in [1.29, 1.82) is 0 Å². The molecular weight excluding hydrogens is 176 g/mol. The summed E-state index contributed by atoms with van der Waals surface area (Å²) in [5.74, 6) is 0.968. The van der Waals surface area contributed by atoms with Crippen molar-refractivity contribution in [3.63, 3.8) is 0 Å². The van der Waals surface area contributed by atoms with Crippen LogP contribution >= 0.6 is 0 Å². The van der Waals surface area contributed by atoms with Crippen LogP contribution < -0.4 is 5.73 Å². The van der Waals surface area contributed by atoms with Gasteiger partial charge in [-0.05, 0) is 42.8 Å². The second kappa shape index (κ2) is 3.10. The first kappa shape index (κ1) is 8.69. The number of nitrogens with zero attached hydrogens (tertiary/aromatic N) is 1. The third kappa shape index (κ3) is 1.33. The van der Waals surface area contributed by atoms with Crippen LogP contribution in [-0.2, 0) is 0 Å². The first-order chi connectivity index (χ1) is 6.68. The van der Waals surface area contributed by atoms with E-state index >= 15 is 0 Å². The highest BCUT2D eigenvalue weighted by molar-refractivity contribution is 5.50. The molecule has 3 heteroatoms. The molecule has 1 heterocycles. The summed E-state index contributed by atoms with van der Waals surface area (Å²) in [6, 6.07) is 8.95. The highest BCUT2D eigenvalue weighted by Gasteiger charge is 2.03. The predicted octanol–water partition coefficient (Wildman–Crippen LogP) is 2.07. The Kier molecular flexibility index (Phi) is 1.93. The zero-order chi connectivity index (χ0) is 10.1. The Balaban J connectivity index is 2.58.